The molecule has 30 heavy (non-hydrogen) atoms. The number of carbonyl (C=O) groups is 2. The third-order valence-corrected chi connectivity index (χ3v) is 6.64. The van der Waals surface area contributed by atoms with Crippen LogP contribution in [-0.4, -0.2) is 41.5 Å². The molecule has 1 unspecified atom stereocenters. The van der Waals surface area contributed by atoms with Crippen molar-refractivity contribution in [2.75, 3.05) is 19.0 Å². The topological polar surface area (TPSA) is 71.5 Å². The lowest BCUT2D eigenvalue weighted by atomic mass is 10.0. The van der Waals surface area contributed by atoms with Gasteiger partial charge in [0, 0.05) is 23.5 Å². The normalized spacial score (nSPS) is 17.1. The van der Waals surface area contributed by atoms with Crippen LogP contribution in [0.25, 0.3) is 10.2 Å². The molecule has 0 saturated carbocycles. The lowest BCUT2D eigenvalue weighted by Gasteiger charge is -2.32. The van der Waals surface area contributed by atoms with E-state index in [1.54, 1.807) is 24.3 Å². The van der Waals surface area contributed by atoms with Gasteiger partial charge in [-0.05, 0) is 50.6 Å². The quantitative estimate of drug-likeness (QED) is 0.602. The molecule has 156 valence electrons. The maximum Gasteiger partial charge on any atom is 0.350 e. The Morgan fingerprint density at radius 2 is 2.00 bits per heavy atom. The van der Waals surface area contributed by atoms with Crippen molar-refractivity contribution in [1.82, 2.24) is 9.88 Å². The molecule has 1 aromatic carbocycles. The number of amides is 1. The summed E-state index contributed by atoms with van der Waals surface area (Å²) in [6, 6.07) is 13.4. The first-order valence-corrected chi connectivity index (χ1v) is 11.0. The molecule has 3 aromatic rings. The lowest BCUT2D eigenvalue weighted by molar-refractivity contribution is 0.0607. The van der Waals surface area contributed by atoms with Crippen LogP contribution in [0.15, 0.2) is 42.5 Å². The summed E-state index contributed by atoms with van der Waals surface area (Å²) < 4.78 is 4.94. The second kappa shape index (κ2) is 8.93. The number of esters is 1. The minimum absolute atomic E-state index is 0.272. The Labute approximate surface area is 179 Å². The van der Waals surface area contributed by atoms with Crippen LogP contribution in [-0.2, 0) is 11.3 Å². The predicted octanol–water partition coefficient (Wildman–Crippen LogP) is 4.71. The maximum absolute atomic E-state index is 12.7. The Hall–Kier alpha value is -2.77. The highest BCUT2D eigenvalue weighted by molar-refractivity contribution is 7.21. The van der Waals surface area contributed by atoms with Crippen LogP contribution in [0.4, 0.5) is 5.69 Å². The maximum atomic E-state index is 12.7. The standard InChI is InChI=1S/C23H25N3O3S/c1-15-8-6-7-13-26(15)14-17-11-12-18-19(20(23(28)29-2)30-22(18)24-17)25-21(27)16-9-4-3-5-10-16/h3-5,9-12,15H,6-8,13-14H2,1-2H3,(H,25,27). The molecule has 6 nitrogen and oxygen atoms in total. The first-order valence-electron chi connectivity index (χ1n) is 10.2. The van der Waals surface area contributed by atoms with Crippen molar-refractivity contribution in [3.8, 4) is 0 Å². The molecule has 1 fully saturated rings. The van der Waals surface area contributed by atoms with Gasteiger partial charge in [0.25, 0.3) is 5.91 Å². The molecule has 1 N–H and O–H groups in total. The van der Waals surface area contributed by atoms with Crippen molar-refractivity contribution in [1.29, 1.82) is 0 Å². The minimum atomic E-state index is -0.479. The van der Waals surface area contributed by atoms with Crippen LogP contribution in [0.2, 0.25) is 0 Å². The number of methoxy groups -OCH3 is 1. The number of nitrogens with zero attached hydrogens (tertiary/aromatic N) is 2. The van der Waals surface area contributed by atoms with E-state index in [1.807, 2.05) is 18.2 Å². The number of rotatable bonds is 5. The van der Waals surface area contributed by atoms with E-state index in [1.165, 1.54) is 37.7 Å². The van der Waals surface area contributed by atoms with Gasteiger partial charge in [0.1, 0.15) is 9.71 Å². The number of hydrogen-bond donors (Lipinski definition) is 1. The molecular formula is C23H25N3O3S. The number of hydrogen-bond acceptors (Lipinski definition) is 6. The number of fused-ring (bicyclic) bond motifs is 1. The second-order valence-corrected chi connectivity index (χ2v) is 8.59. The molecule has 0 bridgehead atoms. The van der Waals surface area contributed by atoms with Gasteiger partial charge in [-0.15, -0.1) is 11.3 Å². The summed E-state index contributed by atoms with van der Waals surface area (Å²) in [5.74, 6) is -0.751. The molecule has 1 aliphatic heterocycles. The van der Waals surface area contributed by atoms with Gasteiger partial charge in [-0.3, -0.25) is 9.69 Å². The predicted molar refractivity (Wildman–Crippen MR) is 119 cm³/mol. The molecule has 1 atom stereocenters. The van der Waals surface area contributed by atoms with Gasteiger partial charge in [0.2, 0.25) is 0 Å². The zero-order valence-electron chi connectivity index (χ0n) is 17.2. The summed E-state index contributed by atoms with van der Waals surface area (Å²) in [5.41, 5.74) is 1.95. The van der Waals surface area contributed by atoms with Crippen molar-refractivity contribution < 1.29 is 14.3 Å². The number of nitrogens with one attached hydrogen (secondary N) is 1. The third kappa shape index (κ3) is 4.22. The van der Waals surface area contributed by atoms with Crippen molar-refractivity contribution in [2.24, 2.45) is 0 Å². The average molecular weight is 424 g/mol. The largest absolute Gasteiger partial charge is 0.465 e. The van der Waals surface area contributed by atoms with Crippen LogP contribution < -0.4 is 5.32 Å². The van der Waals surface area contributed by atoms with E-state index in [0.29, 0.717) is 22.2 Å². The number of thiophene rings is 1. The molecule has 1 amide bonds. The Morgan fingerprint density at radius 3 is 2.73 bits per heavy atom. The fourth-order valence-electron chi connectivity index (χ4n) is 3.84. The first kappa shape index (κ1) is 20.5. The number of piperidine rings is 1. The highest BCUT2D eigenvalue weighted by Gasteiger charge is 2.23. The van der Waals surface area contributed by atoms with Gasteiger partial charge in [0.15, 0.2) is 0 Å². The molecule has 7 heteroatoms. The zero-order valence-corrected chi connectivity index (χ0v) is 18.0. The minimum Gasteiger partial charge on any atom is -0.465 e. The van der Waals surface area contributed by atoms with E-state index >= 15 is 0 Å². The number of pyridine rings is 1. The molecule has 0 aliphatic carbocycles. The van der Waals surface area contributed by atoms with E-state index < -0.39 is 5.97 Å². The van der Waals surface area contributed by atoms with Crippen LogP contribution in [0.3, 0.4) is 0 Å². The first-order chi connectivity index (χ1) is 14.6. The second-order valence-electron chi connectivity index (χ2n) is 7.59. The number of benzene rings is 1. The highest BCUT2D eigenvalue weighted by Crippen LogP contribution is 2.36. The molecule has 0 radical (unpaired) electrons. The van der Waals surface area contributed by atoms with Crippen LogP contribution in [0.5, 0.6) is 0 Å². The summed E-state index contributed by atoms with van der Waals surface area (Å²) in [4.78, 5) is 33.4. The zero-order chi connectivity index (χ0) is 21.1. The fourth-order valence-corrected chi connectivity index (χ4v) is 4.91. The van der Waals surface area contributed by atoms with Gasteiger partial charge >= 0.3 is 5.97 Å². The molecule has 1 aliphatic rings. The van der Waals surface area contributed by atoms with E-state index in [2.05, 4.69) is 17.1 Å². The van der Waals surface area contributed by atoms with Crippen LogP contribution in [0.1, 0.15) is 51.9 Å². The number of likely N-dealkylation sites (tertiary alicyclic amines) is 1. The molecule has 2 aromatic heterocycles. The lowest BCUT2D eigenvalue weighted by Crippen LogP contribution is -2.36. The molecule has 4 rings (SSSR count). The van der Waals surface area contributed by atoms with E-state index in [0.717, 1.165) is 29.0 Å². The monoisotopic (exact) mass is 423 g/mol. The summed E-state index contributed by atoms with van der Waals surface area (Å²) in [5, 5.41) is 3.64. The fraction of sp³-hybridized carbons (Fsp3) is 0.348. The van der Waals surface area contributed by atoms with Gasteiger partial charge < -0.3 is 10.1 Å². The summed E-state index contributed by atoms with van der Waals surface area (Å²) >= 11 is 1.25. The average Bonchev–Trinajstić information content (AvgIpc) is 3.13. The number of carbonyl (C=O) groups excluding carboxylic acids is 2. The van der Waals surface area contributed by atoms with E-state index in [4.69, 9.17) is 9.72 Å². The number of anilines is 1. The van der Waals surface area contributed by atoms with E-state index in [9.17, 15) is 9.59 Å². The number of aromatic nitrogens is 1. The van der Waals surface area contributed by atoms with Crippen molar-refractivity contribution in [2.45, 2.75) is 38.8 Å². The van der Waals surface area contributed by atoms with E-state index in [-0.39, 0.29) is 5.91 Å². The van der Waals surface area contributed by atoms with Crippen molar-refractivity contribution >= 4 is 39.1 Å². The SMILES string of the molecule is COC(=O)c1sc2nc(CN3CCCCC3C)ccc2c1NC(=O)c1ccccc1. The Morgan fingerprint density at radius 1 is 1.20 bits per heavy atom. The summed E-state index contributed by atoms with van der Waals surface area (Å²) in [6.07, 6.45) is 3.71. The molecule has 1 saturated heterocycles. The Kier molecular flexibility index (Phi) is 6.11. The van der Waals surface area contributed by atoms with Crippen LogP contribution in [0, 0.1) is 0 Å². The summed E-state index contributed by atoms with van der Waals surface area (Å²) in [6.45, 7) is 4.13. The molecular weight excluding hydrogens is 398 g/mol. The van der Waals surface area contributed by atoms with Gasteiger partial charge in [-0.1, -0.05) is 24.6 Å². The van der Waals surface area contributed by atoms with Crippen molar-refractivity contribution in [3.05, 3.63) is 58.6 Å². The third-order valence-electron chi connectivity index (χ3n) is 5.56. The molecule has 0 spiro atoms. The molecule has 3 heterocycles. The Bertz CT molecular complexity index is 1060. The summed E-state index contributed by atoms with van der Waals surface area (Å²) in [7, 11) is 1.34. The van der Waals surface area contributed by atoms with Gasteiger partial charge in [0.05, 0.1) is 18.5 Å². The van der Waals surface area contributed by atoms with Crippen molar-refractivity contribution in [3.63, 3.8) is 0 Å². The smallest absolute Gasteiger partial charge is 0.350 e. The Balaban J connectivity index is 1.66. The van der Waals surface area contributed by atoms with Gasteiger partial charge in [-0.2, -0.15) is 0 Å². The highest BCUT2D eigenvalue weighted by atomic mass is 32.1. The van der Waals surface area contributed by atoms with Crippen LogP contribution >= 0.6 is 11.3 Å². The number of ether oxygens (including phenoxy) is 1. The van der Waals surface area contributed by atoms with Gasteiger partial charge in [-0.25, -0.2) is 9.78 Å².